The summed E-state index contributed by atoms with van der Waals surface area (Å²) in [5.74, 6) is -0.765. The minimum atomic E-state index is -0.726. The van der Waals surface area contributed by atoms with E-state index in [1.54, 1.807) is 13.8 Å². The number of likely N-dealkylation sites (tertiary alicyclic amines) is 1. The van der Waals surface area contributed by atoms with Crippen LogP contribution >= 0.6 is 0 Å². The molecule has 1 aliphatic heterocycles. The summed E-state index contributed by atoms with van der Waals surface area (Å²) < 4.78 is 0. The largest absolute Gasteiger partial charge is 0.410 e. The van der Waals surface area contributed by atoms with Crippen molar-refractivity contribution >= 4 is 17.5 Å². The number of benzene rings is 1. The maximum Gasteiger partial charge on any atom is 0.279 e. The fraction of sp³-hybridized carbons (Fsp3) is 0.357. The summed E-state index contributed by atoms with van der Waals surface area (Å²) in [6.45, 7) is 3.64. The van der Waals surface area contributed by atoms with Crippen LogP contribution in [0.15, 0.2) is 35.5 Å². The summed E-state index contributed by atoms with van der Waals surface area (Å²) in [6, 6.07) is 9.25. The van der Waals surface area contributed by atoms with E-state index in [-0.39, 0.29) is 24.6 Å². The Bertz CT molecular complexity index is 535. The highest BCUT2D eigenvalue weighted by Gasteiger charge is 2.44. The third kappa shape index (κ3) is 2.50. The molecule has 100 valence electrons. The summed E-state index contributed by atoms with van der Waals surface area (Å²) >= 11 is 0. The van der Waals surface area contributed by atoms with Gasteiger partial charge in [0.15, 0.2) is 5.71 Å². The summed E-state index contributed by atoms with van der Waals surface area (Å²) in [7, 11) is 0. The van der Waals surface area contributed by atoms with Crippen molar-refractivity contribution in [3.05, 3.63) is 35.9 Å². The van der Waals surface area contributed by atoms with Crippen LogP contribution < -0.4 is 0 Å². The van der Waals surface area contributed by atoms with Gasteiger partial charge in [-0.1, -0.05) is 49.3 Å². The lowest BCUT2D eigenvalue weighted by atomic mass is 9.79. The van der Waals surface area contributed by atoms with Gasteiger partial charge in [-0.15, -0.1) is 0 Å². The van der Waals surface area contributed by atoms with Crippen molar-refractivity contribution in [3.8, 4) is 0 Å². The molecule has 0 unspecified atom stereocenters. The fourth-order valence-electron chi connectivity index (χ4n) is 2.19. The average molecular weight is 260 g/mol. The molecule has 0 saturated carbocycles. The van der Waals surface area contributed by atoms with E-state index in [0.29, 0.717) is 0 Å². The average Bonchev–Trinajstić information content (AvgIpc) is 2.35. The molecule has 0 aliphatic carbocycles. The van der Waals surface area contributed by atoms with E-state index >= 15 is 0 Å². The molecule has 1 N–H and O–H groups in total. The molecule has 19 heavy (non-hydrogen) atoms. The number of piperidine rings is 1. The van der Waals surface area contributed by atoms with Crippen LogP contribution in [0.3, 0.4) is 0 Å². The van der Waals surface area contributed by atoms with Crippen LogP contribution in [-0.4, -0.2) is 27.6 Å². The molecule has 2 amide bonds. The van der Waals surface area contributed by atoms with Crippen molar-refractivity contribution in [2.75, 3.05) is 0 Å². The maximum absolute atomic E-state index is 12.2. The van der Waals surface area contributed by atoms with Gasteiger partial charge in [-0.2, -0.15) is 0 Å². The second kappa shape index (κ2) is 4.84. The Morgan fingerprint density at radius 2 is 1.89 bits per heavy atom. The zero-order valence-electron chi connectivity index (χ0n) is 11.0. The number of hydrogen-bond acceptors (Lipinski definition) is 4. The Kier molecular flexibility index (Phi) is 3.38. The molecule has 1 aromatic carbocycles. The molecule has 0 bridgehead atoms. The van der Waals surface area contributed by atoms with Gasteiger partial charge in [0.2, 0.25) is 5.91 Å². The molecule has 0 radical (unpaired) electrons. The first-order valence-corrected chi connectivity index (χ1v) is 6.07. The van der Waals surface area contributed by atoms with Crippen LogP contribution in [0.5, 0.6) is 0 Å². The van der Waals surface area contributed by atoms with E-state index in [1.165, 1.54) is 0 Å². The molecule has 1 fully saturated rings. The van der Waals surface area contributed by atoms with Crippen molar-refractivity contribution in [3.63, 3.8) is 0 Å². The van der Waals surface area contributed by atoms with Crippen molar-refractivity contribution in [2.45, 2.75) is 26.8 Å². The van der Waals surface area contributed by atoms with E-state index in [2.05, 4.69) is 5.16 Å². The number of amides is 2. The smallest absolute Gasteiger partial charge is 0.279 e. The van der Waals surface area contributed by atoms with Gasteiger partial charge < -0.3 is 5.21 Å². The van der Waals surface area contributed by atoms with Crippen molar-refractivity contribution < 1.29 is 14.8 Å². The third-order valence-electron chi connectivity index (χ3n) is 3.27. The van der Waals surface area contributed by atoms with Gasteiger partial charge in [-0.3, -0.25) is 14.5 Å². The van der Waals surface area contributed by atoms with Crippen molar-refractivity contribution in [1.82, 2.24) is 4.90 Å². The predicted octanol–water partition coefficient (Wildman–Crippen LogP) is 1.80. The SMILES string of the molecule is CC1(C)CC(=O)N(Cc2ccccc2)C(=O)/C1=N\O. The fourth-order valence-corrected chi connectivity index (χ4v) is 2.19. The van der Waals surface area contributed by atoms with Gasteiger partial charge in [0.1, 0.15) is 0 Å². The minimum Gasteiger partial charge on any atom is -0.410 e. The third-order valence-corrected chi connectivity index (χ3v) is 3.27. The molecule has 2 rings (SSSR count). The standard InChI is InChI=1S/C14H16N2O3/c1-14(2)8-11(17)16(13(18)12(14)15-19)9-10-6-4-3-5-7-10/h3-7,19H,8-9H2,1-2H3/b15-12+. The Balaban J connectivity index is 2.27. The Morgan fingerprint density at radius 3 is 2.47 bits per heavy atom. The molecule has 1 heterocycles. The number of imide groups is 1. The van der Waals surface area contributed by atoms with Crippen molar-refractivity contribution in [2.24, 2.45) is 10.6 Å². The maximum atomic E-state index is 12.2. The lowest BCUT2D eigenvalue weighted by molar-refractivity contribution is -0.145. The van der Waals surface area contributed by atoms with E-state index in [0.717, 1.165) is 10.5 Å². The highest BCUT2D eigenvalue weighted by Crippen LogP contribution is 2.30. The van der Waals surface area contributed by atoms with Gasteiger partial charge in [-0.05, 0) is 5.56 Å². The van der Waals surface area contributed by atoms with Crippen molar-refractivity contribution in [1.29, 1.82) is 0 Å². The molecule has 1 aliphatic rings. The van der Waals surface area contributed by atoms with Gasteiger partial charge >= 0.3 is 0 Å². The first-order valence-electron chi connectivity index (χ1n) is 6.07. The summed E-state index contributed by atoms with van der Waals surface area (Å²) in [6.07, 6.45) is 0.158. The Morgan fingerprint density at radius 1 is 1.26 bits per heavy atom. The van der Waals surface area contributed by atoms with Crippen LogP contribution in [0.4, 0.5) is 0 Å². The highest BCUT2D eigenvalue weighted by atomic mass is 16.4. The molecule has 0 spiro atoms. The predicted molar refractivity (Wildman–Crippen MR) is 69.6 cm³/mol. The number of rotatable bonds is 2. The monoisotopic (exact) mass is 260 g/mol. The molecular formula is C14H16N2O3. The Labute approximate surface area is 111 Å². The molecule has 5 heteroatoms. The number of carbonyl (C=O) groups excluding carboxylic acids is 2. The second-order valence-corrected chi connectivity index (χ2v) is 5.28. The lowest BCUT2D eigenvalue weighted by Crippen LogP contribution is -2.52. The number of hydrogen-bond donors (Lipinski definition) is 1. The zero-order chi connectivity index (χ0) is 14.0. The molecule has 5 nitrogen and oxygen atoms in total. The van der Waals surface area contributed by atoms with Gasteiger partial charge in [0, 0.05) is 11.8 Å². The van der Waals surface area contributed by atoms with Gasteiger partial charge in [0.25, 0.3) is 5.91 Å². The number of oxime groups is 1. The second-order valence-electron chi connectivity index (χ2n) is 5.28. The highest BCUT2D eigenvalue weighted by molar-refractivity contribution is 6.44. The molecule has 1 saturated heterocycles. The Hall–Kier alpha value is -2.17. The van der Waals surface area contributed by atoms with Crippen LogP contribution in [0, 0.1) is 5.41 Å². The topological polar surface area (TPSA) is 70.0 Å². The van der Waals surface area contributed by atoms with E-state index in [4.69, 9.17) is 5.21 Å². The summed E-state index contributed by atoms with van der Waals surface area (Å²) in [5.41, 5.74) is 0.167. The molecule has 0 atom stereocenters. The van der Waals surface area contributed by atoms with E-state index < -0.39 is 11.3 Å². The first kappa shape index (κ1) is 13.3. The normalized spacial score (nSPS) is 20.9. The minimum absolute atomic E-state index is 0.0306. The van der Waals surface area contributed by atoms with Crippen LogP contribution in [0.2, 0.25) is 0 Å². The number of carbonyl (C=O) groups is 2. The van der Waals surface area contributed by atoms with Crippen LogP contribution in [0.25, 0.3) is 0 Å². The van der Waals surface area contributed by atoms with Gasteiger partial charge in [0.05, 0.1) is 6.54 Å². The molecular weight excluding hydrogens is 244 g/mol. The lowest BCUT2D eigenvalue weighted by Gasteiger charge is -2.35. The van der Waals surface area contributed by atoms with Gasteiger partial charge in [-0.25, -0.2) is 0 Å². The quantitative estimate of drug-likeness (QED) is 0.501. The number of nitrogens with zero attached hydrogens (tertiary/aromatic N) is 2. The zero-order valence-corrected chi connectivity index (χ0v) is 11.0. The van der Waals surface area contributed by atoms with E-state index in [1.807, 2.05) is 30.3 Å². The van der Waals surface area contributed by atoms with Crippen LogP contribution in [-0.2, 0) is 16.1 Å². The first-order chi connectivity index (χ1) is 8.95. The molecule has 1 aromatic rings. The summed E-state index contributed by atoms with van der Waals surface area (Å²) in [4.78, 5) is 25.4. The van der Waals surface area contributed by atoms with E-state index in [9.17, 15) is 9.59 Å². The molecule has 0 aromatic heterocycles. The summed E-state index contributed by atoms with van der Waals surface area (Å²) in [5, 5.41) is 12.1. The van der Waals surface area contributed by atoms with Crippen LogP contribution in [0.1, 0.15) is 25.8 Å².